The summed E-state index contributed by atoms with van der Waals surface area (Å²) >= 11 is 0. The van der Waals surface area contributed by atoms with Crippen molar-refractivity contribution < 1.29 is 0 Å². The zero-order valence-corrected chi connectivity index (χ0v) is 8.49. The van der Waals surface area contributed by atoms with Crippen molar-refractivity contribution >= 4 is 8.07 Å². The Labute approximate surface area is 69.9 Å². The topological polar surface area (TPSA) is 12.0 Å². The summed E-state index contributed by atoms with van der Waals surface area (Å²) in [5.74, 6) is 3.23. The fourth-order valence-electron chi connectivity index (χ4n) is 0.837. The predicted molar refractivity (Wildman–Crippen MR) is 52.1 cm³/mol. The predicted octanol–water partition coefficient (Wildman–Crippen LogP) is 1.40. The van der Waals surface area contributed by atoms with Crippen LogP contribution < -0.4 is 5.32 Å². The molecule has 0 aromatic carbocycles. The van der Waals surface area contributed by atoms with E-state index in [4.69, 9.17) is 0 Å². The highest BCUT2D eigenvalue weighted by atomic mass is 28.3. The lowest BCUT2D eigenvalue weighted by atomic mass is 10.3. The van der Waals surface area contributed by atoms with E-state index in [0.717, 1.165) is 13.1 Å². The van der Waals surface area contributed by atoms with Crippen molar-refractivity contribution in [2.75, 3.05) is 13.1 Å². The van der Waals surface area contributed by atoms with Crippen LogP contribution in [0, 0.1) is 11.5 Å². The first-order valence-corrected chi connectivity index (χ1v) is 7.51. The van der Waals surface area contributed by atoms with Gasteiger partial charge in [0.2, 0.25) is 0 Å². The highest BCUT2D eigenvalue weighted by Gasteiger charge is 2.08. The zero-order valence-electron chi connectivity index (χ0n) is 7.49. The van der Waals surface area contributed by atoms with Crippen LogP contribution >= 0.6 is 0 Å². The van der Waals surface area contributed by atoms with Gasteiger partial charge in [-0.2, -0.15) is 0 Å². The molecule has 1 aliphatic heterocycles. The quantitative estimate of drug-likeness (QED) is 0.422. The normalized spacial score (nSPS) is 17.2. The van der Waals surface area contributed by atoms with Gasteiger partial charge < -0.3 is 5.32 Å². The lowest BCUT2D eigenvalue weighted by molar-refractivity contribution is 0.884. The van der Waals surface area contributed by atoms with Gasteiger partial charge in [-0.3, -0.25) is 0 Å². The lowest BCUT2D eigenvalue weighted by Gasteiger charge is -2.03. The summed E-state index contributed by atoms with van der Waals surface area (Å²) in [5.41, 5.74) is 4.62. The Morgan fingerprint density at radius 3 is 2.64 bits per heavy atom. The molecule has 0 aliphatic carbocycles. The maximum Gasteiger partial charge on any atom is 0.129 e. The third kappa shape index (κ3) is 3.40. The first-order valence-electron chi connectivity index (χ1n) is 4.01. The summed E-state index contributed by atoms with van der Waals surface area (Å²) in [4.78, 5) is 0. The van der Waals surface area contributed by atoms with E-state index < -0.39 is 8.07 Å². The monoisotopic (exact) mass is 165 g/mol. The molecule has 0 atom stereocenters. The smallest absolute Gasteiger partial charge is 0.129 e. The molecule has 0 unspecified atom stereocenters. The van der Waals surface area contributed by atoms with Gasteiger partial charge in [-0.15, -0.1) is 5.54 Å². The van der Waals surface area contributed by atoms with Crippen LogP contribution in [0.2, 0.25) is 19.6 Å². The van der Waals surface area contributed by atoms with Gasteiger partial charge in [0, 0.05) is 18.7 Å². The van der Waals surface area contributed by atoms with Crippen molar-refractivity contribution in [2.24, 2.45) is 0 Å². The van der Waals surface area contributed by atoms with Gasteiger partial charge in [0.25, 0.3) is 0 Å². The van der Waals surface area contributed by atoms with Gasteiger partial charge in [-0.25, -0.2) is 0 Å². The summed E-state index contributed by atoms with van der Waals surface area (Å²) < 4.78 is 0. The Bertz CT molecular complexity index is 224. The molecule has 0 bridgehead atoms. The fraction of sp³-hybridized carbons (Fsp3) is 0.556. The van der Waals surface area contributed by atoms with Crippen LogP contribution in [0.25, 0.3) is 0 Å². The van der Waals surface area contributed by atoms with Crippen LogP contribution in [0.1, 0.15) is 0 Å². The standard InChI is InChI=1S/C9H15NSi/c1-11(2,3)7-5-9-4-6-10-8-9/h4,10H,6,8H2,1-3H3. The molecular formula is C9H15NSi. The highest BCUT2D eigenvalue weighted by molar-refractivity contribution is 6.83. The van der Waals surface area contributed by atoms with Crippen molar-refractivity contribution in [3.05, 3.63) is 11.6 Å². The second-order valence-corrected chi connectivity index (χ2v) is 8.61. The van der Waals surface area contributed by atoms with E-state index in [9.17, 15) is 0 Å². The molecule has 1 N–H and O–H groups in total. The molecule has 0 radical (unpaired) electrons. The highest BCUT2D eigenvalue weighted by Crippen LogP contribution is 2.00. The minimum Gasteiger partial charge on any atom is -0.309 e. The van der Waals surface area contributed by atoms with Gasteiger partial charge in [-0.05, 0) is 0 Å². The minimum atomic E-state index is -1.15. The van der Waals surface area contributed by atoms with E-state index in [1.807, 2.05) is 0 Å². The van der Waals surface area contributed by atoms with Crippen molar-refractivity contribution in [3.8, 4) is 11.5 Å². The summed E-state index contributed by atoms with van der Waals surface area (Å²) in [6, 6.07) is 0. The number of hydrogen-bond donors (Lipinski definition) is 1. The maximum atomic E-state index is 3.34. The first kappa shape index (κ1) is 8.57. The Morgan fingerprint density at radius 2 is 2.18 bits per heavy atom. The van der Waals surface area contributed by atoms with Gasteiger partial charge in [-0.1, -0.05) is 31.6 Å². The molecule has 2 heteroatoms. The molecule has 0 aromatic heterocycles. The third-order valence-corrected chi connectivity index (χ3v) is 2.28. The molecule has 0 amide bonds. The summed E-state index contributed by atoms with van der Waals surface area (Å²) in [7, 11) is -1.15. The molecule has 1 heterocycles. The minimum absolute atomic E-state index is 0.970. The fourth-order valence-corrected chi connectivity index (χ4v) is 1.37. The Balaban J connectivity index is 2.56. The SMILES string of the molecule is C[Si](C)(C)C#CC1=CCNC1. The Kier molecular flexibility index (Phi) is 2.53. The molecule has 1 aliphatic rings. The molecule has 60 valence electrons. The van der Waals surface area contributed by atoms with Crippen LogP contribution in [0.3, 0.4) is 0 Å². The van der Waals surface area contributed by atoms with E-state index in [1.165, 1.54) is 5.57 Å². The molecule has 0 saturated carbocycles. The van der Waals surface area contributed by atoms with Crippen LogP contribution in [0.4, 0.5) is 0 Å². The zero-order chi connectivity index (χ0) is 8.32. The van der Waals surface area contributed by atoms with Crippen molar-refractivity contribution in [3.63, 3.8) is 0 Å². The van der Waals surface area contributed by atoms with Gasteiger partial charge in [0.05, 0.1) is 0 Å². The van der Waals surface area contributed by atoms with Crippen molar-refractivity contribution in [2.45, 2.75) is 19.6 Å². The van der Waals surface area contributed by atoms with E-state index in [-0.39, 0.29) is 0 Å². The number of nitrogens with one attached hydrogen (secondary N) is 1. The second-order valence-electron chi connectivity index (χ2n) is 3.86. The average Bonchev–Trinajstić information content (AvgIpc) is 2.32. The van der Waals surface area contributed by atoms with Gasteiger partial charge in [0.15, 0.2) is 0 Å². The van der Waals surface area contributed by atoms with E-state index in [0.29, 0.717) is 0 Å². The summed E-state index contributed by atoms with van der Waals surface area (Å²) in [5, 5.41) is 3.23. The third-order valence-electron chi connectivity index (χ3n) is 1.41. The van der Waals surface area contributed by atoms with E-state index in [1.54, 1.807) is 0 Å². The van der Waals surface area contributed by atoms with Crippen LogP contribution in [0.15, 0.2) is 11.6 Å². The molecular weight excluding hydrogens is 150 g/mol. The largest absolute Gasteiger partial charge is 0.309 e. The number of hydrogen-bond acceptors (Lipinski definition) is 1. The maximum absolute atomic E-state index is 3.34. The van der Waals surface area contributed by atoms with Gasteiger partial charge in [0.1, 0.15) is 8.07 Å². The first-order chi connectivity index (χ1) is 5.08. The molecule has 0 aromatic rings. The van der Waals surface area contributed by atoms with Crippen molar-refractivity contribution in [1.82, 2.24) is 5.32 Å². The van der Waals surface area contributed by atoms with Crippen molar-refractivity contribution in [1.29, 1.82) is 0 Å². The molecule has 0 saturated heterocycles. The van der Waals surface area contributed by atoms with E-state index >= 15 is 0 Å². The lowest BCUT2D eigenvalue weighted by Crippen LogP contribution is -2.16. The molecule has 1 nitrogen and oxygen atoms in total. The molecule has 0 spiro atoms. The summed E-state index contributed by atoms with van der Waals surface area (Å²) in [6.07, 6.45) is 2.17. The van der Waals surface area contributed by atoms with Crippen LogP contribution in [-0.2, 0) is 0 Å². The van der Waals surface area contributed by atoms with Crippen LogP contribution in [-0.4, -0.2) is 21.2 Å². The number of rotatable bonds is 0. The van der Waals surface area contributed by atoms with Crippen LogP contribution in [0.5, 0.6) is 0 Å². The van der Waals surface area contributed by atoms with Gasteiger partial charge >= 0.3 is 0 Å². The second kappa shape index (κ2) is 3.25. The Hall–Kier alpha value is -0.523. The molecule has 11 heavy (non-hydrogen) atoms. The average molecular weight is 165 g/mol. The summed E-state index contributed by atoms with van der Waals surface area (Å²) in [6.45, 7) is 8.77. The van der Waals surface area contributed by atoms with E-state index in [2.05, 4.69) is 42.5 Å². The molecule has 1 rings (SSSR count). The Morgan fingerprint density at radius 1 is 1.45 bits per heavy atom. The molecule has 0 fully saturated rings.